The molecule has 3 aromatic rings. The smallest absolute Gasteiger partial charge is 0.257 e. The molecule has 2 atom stereocenters. The van der Waals surface area contributed by atoms with Gasteiger partial charge >= 0.3 is 0 Å². The first kappa shape index (κ1) is 20.7. The molecule has 1 saturated heterocycles. The molecule has 0 spiro atoms. The van der Waals surface area contributed by atoms with Crippen molar-refractivity contribution < 1.29 is 14.2 Å². The monoisotopic (exact) mass is 433 g/mol. The Morgan fingerprint density at radius 2 is 2.03 bits per heavy atom. The molecule has 3 heterocycles. The number of halogens is 1. The number of pyridine rings is 1. The van der Waals surface area contributed by atoms with Crippen LogP contribution in [-0.2, 0) is 17.6 Å². The standard InChI is InChI=1S/C25H24FN3O3/c26-23-13-16(8-10-27-23)12-17-4-3-7-20-24(19-6-2-1-5-18(17)19)28-15-29(25(20)31)21-9-11-32-14-22(21)30/h1-2,4-6,8,10,13,15,21-22,30H,3,7,9,11-12,14H2. The minimum Gasteiger partial charge on any atom is -0.389 e. The topological polar surface area (TPSA) is 77.2 Å². The lowest BCUT2D eigenvalue weighted by molar-refractivity contribution is -0.0397. The van der Waals surface area contributed by atoms with Crippen LogP contribution in [0.5, 0.6) is 0 Å². The van der Waals surface area contributed by atoms with Gasteiger partial charge in [0.05, 0.1) is 30.8 Å². The summed E-state index contributed by atoms with van der Waals surface area (Å²) in [6, 6.07) is 10.8. The van der Waals surface area contributed by atoms with Gasteiger partial charge < -0.3 is 9.84 Å². The molecule has 5 rings (SSSR count). The van der Waals surface area contributed by atoms with Crippen molar-refractivity contribution in [1.29, 1.82) is 0 Å². The first-order chi connectivity index (χ1) is 15.6. The van der Waals surface area contributed by atoms with Gasteiger partial charge in [-0.1, -0.05) is 30.3 Å². The van der Waals surface area contributed by atoms with E-state index in [2.05, 4.69) is 11.1 Å². The number of rotatable bonds is 3. The fraction of sp³-hybridized carbons (Fsp3) is 0.320. The van der Waals surface area contributed by atoms with Gasteiger partial charge in [0.2, 0.25) is 5.95 Å². The second kappa shape index (κ2) is 8.76. The molecule has 0 saturated carbocycles. The first-order valence-electron chi connectivity index (χ1n) is 10.9. The van der Waals surface area contributed by atoms with Gasteiger partial charge in [0.15, 0.2) is 0 Å². The highest BCUT2D eigenvalue weighted by Gasteiger charge is 2.28. The highest BCUT2D eigenvalue weighted by Crippen LogP contribution is 2.34. The van der Waals surface area contributed by atoms with Crippen molar-refractivity contribution in [3.05, 3.63) is 88.0 Å². The van der Waals surface area contributed by atoms with Gasteiger partial charge in [-0.3, -0.25) is 9.36 Å². The van der Waals surface area contributed by atoms with Crippen LogP contribution in [0.4, 0.5) is 4.39 Å². The van der Waals surface area contributed by atoms with E-state index in [1.807, 2.05) is 30.3 Å². The number of aromatic nitrogens is 3. The molecule has 1 aliphatic heterocycles. The van der Waals surface area contributed by atoms with Gasteiger partial charge in [-0.2, -0.15) is 4.39 Å². The number of hydrogen-bond donors (Lipinski definition) is 1. The summed E-state index contributed by atoms with van der Waals surface area (Å²) in [5.74, 6) is -0.495. The Kier molecular flexibility index (Phi) is 5.68. The van der Waals surface area contributed by atoms with E-state index in [0.29, 0.717) is 43.5 Å². The third kappa shape index (κ3) is 3.89. The van der Waals surface area contributed by atoms with Gasteiger partial charge in [0.1, 0.15) is 0 Å². The Labute approximate surface area is 185 Å². The second-order valence-electron chi connectivity index (χ2n) is 8.26. The van der Waals surface area contributed by atoms with E-state index < -0.39 is 12.1 Å². The van der Waals surface area contributed by atoms with Crippen molar-refractivity contribution in [2.75, 3.05) is 13.2 Å². The minimum absolute atomic E-state index is 0.108. The first-order valence-corrected chi connectivity index (χ1v) is 10.9. The highest BCUT2D eigenvalue weighted by atomic mass is 19.1. The summed E-state index contributed by atoms with van der Waals surface area (Å²) in [6.07, 6.45) is 6.78. The van der Waals surface area contributed by atoms with E-state index in [0.717, 1.165) is 22.3 Å². The Balaban J connectivity index is 1.57. The SMILES string of the molecule is O=c1c2c(ncn1C1CCOCC1O)-c1ccccc1C(Cc1ccnc(F)c1)=CCC2. The van der Waals surface area contributed by atoms with Crippen LogP contribution < -0.4 is 5.56 Å². The van der Waals surface area contributed by atoms with Gasteiger partial charge in [-0.25, -0.2) is 9.97 Å². The van der Waals surface area contributed by atoms with Crippen molar-refractivity contribution in [2.24, 2.45) is 0 Å². The van der Waals surface area contributed by atoms with Gasteiger partial charge in [-0.15, -0.1) is 0 Å². The molecule has 32 heavy (non-hydrogen) atoms. The molecule has 0 bridgehead atoms. The number of hydrogen-bond acceptors (Lipinski definition) is 5. The van der Waals surface area contributed by atoms with E-state index in [9.17, 15) is 14.3 Å². The predicted octanol–water partition coefficient (Wildman–Crippen LogP) is 3.34. The Morgan fingerprint density at radius 3 is 2.84 bits per heavy atom. The number of ether oxygens (including phenoxy) is 1. The van der Waals surface area contributed by atoms with Gasteiger partial charge in [0, 0.05) is 23.9 Å². The van der Waals surface area contributed by atoms with E-state index in [1.165, 1.54) is 12.3 Å². The molecule has 1 fully saturated rings. The summed E-state index contributed by atoms with van der Waals surface area (Å²) >= 11 is 0. The Bertz CT molecular complexity index is 1240. The molecule has 7 heteroatoms. The fourth-order valence-corrected chi connectivity index (χ4v) is 4.65. The van der Waals surface area contributed by atoms with Crippen LogP contribution in [0.2, 0.25) is 0 Å². The molecule has 1 aliphatic carbocycles. The largest absolute Gasteiger partial charge is 0.389 e. The Morgan fingerprint density at radius 1 is 1.19 bits per heavy atom. The lowest BCUT2D eigenvalue weighted by Crippen LogP contribution is -2.40. The van der Waals surface area contributed by atoms with Crippen LogP contribution in [-0.4, -0.2) is 39.0 Å². The van der Waals surface area contributed by atoms with E-state index in [1.54, 1.807) is 10.9 Å². The zero-order chi connectivity index (χ0) is 22.1. The van der Waals surface area contributed by atoms with E-state index >= 15 is 0 Å². The zero-order valence-electron chi connectivity index (χ0n) is 17.6. The van der Waals surface area contributed by atoms with Crippen molar-refractivity contribution in [3.63, 3.8) is 0 Å². The molecular formula is C25H24FN3O3. The molecule has 164 valence electrons. The summed E-state index contributed by atoms with van der Waals surface area (Å²) in [7, 11) is 0. The minimum atomic E-state index is -0.727. The van der Waals surface area contributed by atoms with Crippen LogP contribution in [0.25, 0.3) is 16.8 Å². The average Bonchev–Trinajstić information content (AvgIpc) is 2.79. The van der Waals surface area contributed by atoms with Gasteiger partial charge in [0.25, 0.3) is 5.56 Å². The molecule has 2 unspecified atom stereocenters. The molecule has 0 radical (unpaired) electrons. The fourth-order valence-electron chi connectivity index (χ4n) is 4.65. The van der Waals surface area contributed by atoms with Crippen molar-refractivity contribution in [2.45, 2.75) is 37.8 Å². The van der Waals surface area contributed by atoms with E-state index in [-0.39, 0.29) is 18.2 Å². The van der Waals surface area contributed by atoms with Crippen molar-refractivity contribution in [1.82, 2.24) is 14.5 Å². The van der Waals surface area contributed by atoms with Crippen LogP contribution in [0, 0.1) is 5.95 Å². The molecule has 0 amide bonds. The maximum absolute atomic E-state index is 13.6. The van der Waals surface area contributed by atoms with Crippen molar-refractivity contribution in [3.8, 4) is 11.3 Å². The maximum atomic E-state index is 13.6. The lowest BCUT2D eigenvalue weighted by atomic mass is 9.88. The summed E-state index contributed by atoms with van der Waals surface area (Å²) in [5.41, 5.74) is 5.02. The number of aliphatic hydroxyl groups is 1. The van der Waals surface area contributed by atoms with Crippen LogP contribution in [0.1, 0.15) is 35.6 Å². The van der Waals surface area contributed by atoms with Crippen LogP contribution in [0.15, 0.2) is 59.8 Å². The summed E-state index contributed by atoms with van der Waals surface area (Å²) in [5, 5.41) is 10.4. The van der Waals surface area contributed by atoms with E-state index in [4.69, 9.17) is 9.72 Å². The summed E-state index contributed by atoms with van der Waals surface area (Å²) in [4.78, 5) is 21.8. The molecular weight excluding hydrogens is 409 g/mol. The number of allylic oxidation sites excluding steroid dienone is 2. The third-order valence-corrected chi connectivity index (χ3v) is 6.24. The second-order valence-corrected chi connectivity index (χ2v) is 8.26. The summed E-state index contributed by atoms with van der Waals surface area (Å²) in [6.45, 7) is 0.731. The number of aliphatic hydroxyl groups excluding tert-OH is 1. The molecule has 6 nitrogen and oxygen atoms in total. The zero-order valence-corrected chi connectivity index (χ0v) is 17.6. The quantitative estimate of drug-likeness (QED) is 0.641. The van der Waals surface area contributed by atoms with Crippen molar-refractivity contribution >= 4 is 5.57 Å². The highest BCUT2D eigenvalue weighted by molar-refractivity contribution is 5.82. The summed E-state index contributed by atoms with van der Waals surface area (Å²) < 4.78 is 20.5. The lowest BCUT2D eigenvalue weighted by Gasteiger charge is -2.30. The molecule has 2 aliphatic rings. The molecule has 1 aromatic carbocycles. The Hall–Kier alpha value is -3.16. The molecule has 2 aromatic heterocycles. The maximum Gasteiger partial charge on any atom is 0.257 e. The average molecular weight is 433 g/mol. The van der Waals surface area contributed by atoms with Crippen LogP contribution >= 0.6 is 0 Å². The number of fused-ring (bicyclic) bond motifs is 3. The normalized spacial score (nSPS) is 20.5. The number of benzene rings is 1. The number of nitrogens with zero attached hydrogens (tertiary/aromatic N) is 3. The predicted molar refractivity (Wildman–Crippen MR) is 119 cm³/mol. The molecule has 1 N–H and O–H groups in total. The van der Waals surface area contributed by atoms with Crippen LogP contribution in [0.3, 0.4) is 0 Å². The third-order valence-electron chi connectivity index (χ3n) is 6.24. The van der Waals surface area contributed by atoms with Gasteiger partial charge in [-0.05, 0) is 54.5 Å².